The number of halogens is 1. The van der Waals surface area contributed by atoms with Crippen LogP contribution in [0.4, 0.5) is 16.2 Å². The summed E-state index contributed by atoms with van der Waals surface area (Å²) in [6.45, 7) is 4.02. The van der Waals surface area contributed by atoms with Crippen LogP contribution in [-0.4, -0.2) is 6.03 Å². The summed E-state index contributed by atoms with van der Waals surface area (Å²) in [5.41, 5.74) is 5.33. The molecule has 3 nitrogen and oxygen atoms in total. The fourth-order valence-corrected chi connectivity index (χ4v) is 2.90. The molecule has 21 heavy (non-hydrogen) atoms. The van der Waals surface area contributed by atoms with Gasteiger partial charge in [0.05, 0.1) is 0 Å². The average molecular weight is 343 g/mol. The zero-order valence-corrected chi connectivity index (χ0v) is 13.0. The van der Waals surface area contributed by atoms with Gasteiger partial charge in [-0.3, -0.25) is 0 Å². The second-order valence-corrected chi connectivity index (χ2v) is 6.09. The number of nitrogens with one attached hydrogen (secondary N) is 2. The Hall–Kier alpha value is -2.07. The highest BCUT2D eigenvalue weighted by Gasteiger charge is 2.14. The van der Waals surface area contributed by atoms with Gasteiger partial charge >= 0.3 is 6.03 Å². The molecule has 106 valence electrons. The number of rotatable bonds is 2. The Balaban J connectivity index is 1.68. The SMILES string of the molecule is C=C1Cc2ccc(NC(=O)Nc3cccc(Br)c3)cc2C1. The second-order valence-electron chi connectivity index (χ2n) is 5.18. The monoisotopic (exact) mass is 342 g/mol. The Labute approximate surface area is 132 Å². The van der Waals surface area contributed by atoms with Crippen LogP contribution in [0.1, 0.15) is 11.1 Å². The molecule has 0 fully saturated rings. The summed E-state index contributed by atoms with van der Waals surface area (Å²) in [6.07, 6.45) is 1.85. The normalized spacial score (nSPS) is 12.9. The van der Waals surface area contributed by atoms with Gasteiger partial charge in [-0.2, -0.15) is 0 Å². The number of allylic oxidation sites excluding steroid dienone is 1. The quantitative estimate of drug-likeness (QED) is 0.760. The minimum Gasteiger partial charge on any atom is -0.308 e. The number of hydrogen-bond donors (Lipinski definition) is 2. The third-order valence-corrected chi connectivity index (χ3v) is 3.92. The van der Waals surface area contributed by atoms with E-state index in [0.29, 0.717) is 0 Å². The Kier molecular flexibility index (Phi) is 3.80. The maximum atomic E-state index is 12.0. The number of amides is 2. The van der Waals surface area contributed by atoms with Crippen molar-refractivity contribution >= 4 is 33.3 Å². The number of fused-ring (bicyclic) bond motifs is 1. The molecule has 2 N–H and O–H groups in total. The van der Waals surface area contributed by atoms with Crippen molar-refractivity contribution in [3.63, 3.8) is 0 Å². The van der Waals surface area contributed by atoms with E-state index in [1.807, 2.05) is 36.4 Å². The third-order valence-electron chi connectivity index (χ3n) is 3.43. The number of anilines is 2. The molecule has 0 aromatic heterocycles. The molecule has 0 aliphatic heterocycles. The Morgan fingerprint density at radius 3 is 2.48 bits per heavy atom. The van der Waals surface area contributed by atoms with E-state index in [1.54, 1.807) is 0 Å². The van der Waals surface area contributed by atoms with Gasteiger partial charge in [0.25, 0.3) is 0 Å². The first-order chi connectivity index (χ1) is 10.1. The van der Waals surface area contributed by atoms with Crippen LogP contribution in [0, 0.1) is 0 Å². The predicted molar refractivity (Wildman–Crippen MR) is 89.8 cm³/mol. The van der Waals surface area contributed by atoms with Gasteiger partial charge in [0.15, 0.2) is 0 Å². The van der Waals surface area contributed by atoms with Gasteiger partial charge in [0, 0.05) is 15.8 Å². The van der Waals surface area contributed by atoms with E-state index < -0.39 is 0 Å². The Morgan fingerprint density at radius 1 is 1.00 bits per heavy atom. The molecule has 0 radical (unpaired) electrons. The third kappa shape index (κ3) is 3.34. The van der Waals surface area contributed by atoms with Crippen LogP contribution in [0.15, 0.2) is 59.1 Å². The summed E-state index contributed by atoms with van der Waals surface area (Å²) in [6, 6.07) is 13.2. The van der Waals surface area contributed by atoms with Crippen molar-refractivity contribution < 1.29 is 4.79 Å². The van der Waals surface area contributed by atoms with E-state index in [9.17, 15) is 4.79 Å². The summed E-state index contributed by atoms with van der Waals surface area (Å²) >= 11 is 3.38. The molecule has 0 spiro atoms. The lowest BCUT2D eigenvalue weighted by molar-refractivity contribution is 0.262. The molecule has 0 saturated carbocycles. The van der Waals surface area contributed by atoms with E-state index in [1.165, 1.54) is 16.7 Å². The molecule has 0 atom stereocenters. The number of urea groups is 1. The molecule has 2 amide bonds. The van der Waals surface area contributed by atoms with Crippen LogP contribution in [0.2, 0.25) is 0 Å². The van der Waals surface area contributed by atoms with Gasteiger partial charge in [-0.15, -0.1) is 0 Å². The maximum absolute atomic E-state index is 12.0. The zero-order valence-electron chi connectivity index (χ0n) is 11.4. The molecular weight excluding hydrogens is 328 g/mol. The molecule has 4 heteroatoms. The lowest BCUT2D eigenvalue weighted by Crippen LogP contribution is -2.19. The minimum absolute atomic E-state index is 0.245. The van der Waals surface area contributed by atoms with Crippen LogP contribution >= 0.6 is 15.9 Å². The zero-order chi connectivity index (χ0) is 14.8. The Morgan fingerprint density at radius 2 is 1.71 bits per heavy atom. The van der Waals surface area contributed by atoms with E-state index in [2.05, 4.69) is 39.2 Å². The highest BCUT2D eigenvalue weighted by molar-refractivity contribution is 9.10. The minimum atomic E-state index is -0.245. The van der Waals surface area contributed by atoms with Crippen LogP contribution in [-0.2, 0) is 12.8 Å². The molecule has 0 bridgehead atoms. The van der Waals surface area contributed by atoms with E-state index in [-0.39, 0.29) is 6.03 Å². The molecule has 1 aliphatic rings. The van der Waals surface area contributed by atoms with Gasteiger partial charge in [-0.05, 0) is 54.3 Å². The molecule has 0 saturated heterocycles. The first-order valence-electron chi connectivity index (χ1n) is 6.72. The number of carbonyl (C=O) groups is 1. The summed E-state index contributed by atoms with van der Waals surface area (Å²) in [5, 5.41) is 5.67. The molecule has 2 aromatic carbocycles. The maximum Gasteiger partial charge on any atom is 0.323 e. The van der Waals surface area contributed by atoms with E-state index >= 15 is 0 Å². The van der Waals surface area contributed by atoms with Crippen molar-refractivity contribution in [2.75, 3.05) is 10.6 Å². The molecule has 0 unspecified atom stereocenters. The van der Waals surface area contributed by atoms with Crippen molar-refractivity contribution in [3.05, 3.63) is 70.2 Å². The predicted octanol–water partition coefficient (Wildman–Crippen LogP) is 4.75. The lowest BCUT2D eigenvalue weighted by Gasteiger charge is -2.09. The average Bonchev–Trinajstić information content (AvgIpc) is 2.78. The first kappa shape index (κ1) is 13.9. The fraction of sp³-hybridized carbons (Fsp3) is 0.118. The summed E-state index contributed by atoms with van der Waals surface area (Å²) in [7, 11) is 0. The number of carbonyl (C=O) groups excluding carboxylic acids is 1. The topological polar surface area (TPSA) is 41.1 Å². The lowest BCUT2D eigenvalue weighted by atomic mass is 10.1. The molecule has 1 aliphatic carbocycles. The van der Waals surface area contributed by atoms with Crippen molar-refractivity contribution in [1.82, 2.24) is 0 Å². The standard InChI is InChI=1S/C17H15BrN2O/c1-11-7-12-5-6-16(9-13(12)8-11)20-17(21)19-15-4-2-3-14(18)10-15/h2-6,9-10H,1,7-8H2,(H2,19,20,21). The van der Waals surface area contributed by atoms with Crippen molar-refractivity contribution in [2.24, 2.45) is 0 Å². The van der Waals surface area contributed by atoms with Crippen molar-refractivity contribution in [1.29, 1.82) is 0 Å². The highest BCUT2D eigenvalue weighted by Crippen LogP contribution is 2.27. The van der Waals surface area contributed by atoms with Crippen molar-refractivity contribution in [3.8, 4) is 0 Å². The number of benzene rings is 2. The van der Waals surface area contributed by atoms with Crippen molar-refractivity contribution in [2.45, 2.75) is 12.8 Å². The van der Waals surface area contributed by atoms with E-state index in [4.69, 9.17) is 0 Å². The summed E-state index contributed by atoms with van der Waals surface area (Å²) in [5.74, 6) is 0. The van der Waals surface area contributed by atoms with Crippen LogP contribution < -0.4 is 10.6 Å². The van der Waals surface area contributed by atoms with Gasteiger partial charge in [-0.25, -0.2) is 4.79 Å². The van der Waals surface area contributed by atoms with Gasteiger partial charge in [0.1, 0.15) is 0 Å². The number of hydrogen-bond acceptors (Lipinski definition) is 1. The van der Waals surface area contributed by atoms with Gasteiger partial charge in [-0.1, -0.05) is 40.2 Å². The smallest absolute Gasteiger partial charge is 0.308 e. The van der Waals surface area contributed by atoms with E-state index in [0.717, 1.165) is 28.7 Å². The second kappa shape index (κ2) is 5.74. The van der Waals surface area contributed by atoms with Gasteiger partial charge in [0.2, 0.25) is 0 Å². The largest absolute Gasteiger partial charge is 0.323 e. The molecular formula is C17H15BrN2O. The molecule has 2 aromatic rings. The summed E-state index contributed by atoms with van der Waals surface area (Å²) < 4.78 is 0.927. The first-order valence-corrected chi connectivity index (χ1v) is 7.51. The molecule has 0 heterocycles. The highest BCUT2D eigenvalue weighted by atomic mass is 79.9. The van der Waals surface area contributed by atoms with Crippen LogP contribution in [0.25, 0.3) is 0 Å². The molecule has 3 rings (SSSR count). The Bertz CT molecular complexity index is 724. The van der Waals surface area contributed by atoms with Crippen LogP contribution in [0.5, 0.6) is 0 Å². The van der Waals surface area contributed by atoms with Crippen LogP contribution in [0.3, 0.4) is 0 Å². The fourth-order valence-electron chi connectivity index (χ4n) is 2.50. The summed E-state index contributed by atoms with van der Waals surface area (Å²) in [4.78, 5) is 12.0. The van der Waals surface area contributed by atoms with Gasteiger partial charge < -0.3 is 10.6 Å².